The Kier molecular flexibility index (Phi) is 13.3. The van der Waals surface area contributed by atoms with Gasteiger partial charge in [-0.3, -0.25) is 4.79 Å². The van der Waals surface area contributed by atoms with Gasteiger partial charge in [-0.25, -0.2) is 13.1 Å². The van der Waals surface area contributed by atoms with Crippen molar-refractivity contribution < 1.29 is 74.5 Å². The van der Waals surface area contributed by atoms with E-state index in [1.807, 2.05) is 6.92 Å². The number of sulfonamides is 1. The zero-order valence-electron chi connectivity index (χ0n) is 17.7. The zero-order chi connectivity index (χ0) is 22.0. The number of thioether (sulfide) groups is 1. The summed E-state index contributed by atoms with van der Waals surface area (Å²) in [6, 6.07) is 12.8. The Morgan fingerprint density at radius 2 is 1.84 bits per heavy atom. The quantitative estimate of drug-likeness (QED) is 0.160. The van der Waals surface area contributed by atoms with Crippen molar-refractivity contribution >= 4 is 33.4 Å². The number of anilines is 1. The van der Waals surface area contributed by atoms with E-state index in [9.17, 15) is 13.2 Å². The molecule has 31 heavy (non-hydrogen) atoms. The number of aryl methyl sites for hydroxylation is 1. The third kappa shape index (κ3) is 10.7. The number of hydrogen-bond donors (Lipinski definition) is 3. The molecule has 0 fully saturated rings. The molecule has 11 heteroatoms. The molecule has 0 radical (unpaired) electrons. The molecule has 164 valence electrons. The molecule has 0 saturated heterocycles. The molecule has 0 unspecified atom stereocenters. The second-order valence-corrected chi connectivity index (χ2v) is 9.53. The van der Waals surface area contributed by atoms with E-state index in [4.69, 9.17) is 15.7 Å². The van der Waals surface area contributed by atoms with E-state index in [-0.39, 0.29) is 62.7 Å². The van der Waals surface area contributed by atoms with Gasteiger partial charge in [0.05, 0.1) is 4.90 Å². The molecule has 2 aromatic carbocycles. The van der Waals surface area contributed by atoms with Crippen LogP contribution in [-0.2, 0) is 21.2 Å². The van der Waals surface area contributed by atoms with Crippen LogP contribution in [0.1, 0.15) is 25.3 Å². The van der Waals surface area contributed by atoms with Crippen LogP contribution in [0.5, 0.6) is 5.75 Å². The summed E-state index contributed by atoms with van der Waals surface area (Å²) in [5.41, 5.74) is 11.0. The van der Waals surface area contributed by atoms with Crippen LogP contribution < -0.4 is 66.7 Å². The molecular weight excluding hydrogens is 465 g/mol. The summed E-state index contributed by atoms with van der Waals surface area (Å²) in [6.45, 7) is 2.03. The van der Waals surface area contributed by atoms with Crippen LogP contribution in [-0.4, -0.2) is 37.2 Å². The number of carboxylic acid groups (broad SMARTS) is 1. The molecule has 0 spiro atoms. The van der Waals surface area contributed by atoms with E-state index >= 15 is 0 Å². The molecule has 1 atom stereocenters. The maximum Gasteiger partial charge on any atom is 1.00 e. The molecule has 2 aromatic rings. The first-order valence-electron chi connectivity index (χ1n) is 9.43. The van der Waals surface area contributed by atoms with E-state index in [2.05, 4.69) is 10.2 Å². The van der Waals surface area contributed by atoms with Gasteiger partial charge in [0.1, 0.15) is 5.75 Å². The minimum absolute atomic E-state index is 0. The average Bonchev–Trinajstić information content (AvgIpc) is 2.71. The second-order valence-electron chi connectivity index (χ2n) is 6.43. The predicted molar refractivity (Wildman–Crippen MR) is 119 cm³/mol. The van der Waals surface area contributed by atoms with Crippen molar-refractivity contribution in [3.63, 3.8) is 0 Å². The van der Waals surface area contributed by atoms with Crippen molar-refractivity contribution in [3.05, 3.63) is 59.6 Å². The molecule has 0 aliphatic carbocycles. The smallest absolute Gasteiger partial charge is 0.586 e. The predicted octanol–water partition coefficient (Wildman–Crippen LogP) is 0.405. The number of carbonyl (C=O) groups is 1. The first-order valence-corrected chi connectivity index (χ1v) is 12.1. The van der Waals surface area contributed by atoms with Crippen LogP contribution in [0, 0.1) is 0 Å². The SMILES string of the molecule is CCSCC[C@@H]([N-]Oc1ccc(CCC(=O)O)cc1)NS(=O)(=O)c1ccc(N)cc1.[K+]. The molecule has 2 rings (SSSR count). The Bertz CT molecular complexity index is 909. The molecule has 0 amide bonds. The summed E-state index contributed by atoms with van der Waals surface area (Å²) in [4.78, 5) is 16.2. The number of hydroxylamine groups is 1. The normalized spacial score (nSPS) is 12.0. The third-order valence-corrected chi connectivity index (χ3v) is 6.47. The number of aliphatic carboxylic acids is 1. The Labute approximate surface area is 230 Å². The van der Waals surface area contributed by atoms with Gasteiger partial charge in [0.25, 0.3) is 0 Å². The summed E-state index contributed by atoms with van der Waals surface area (Å²) in [7, 11) is -3.78. The summed E-state index contributed by atoms with van der Waals surface area (Å²) >= 11 is 1.68. The second kappa shape index (κ2) is 14.5. The molecule has 0 aliphatic heterocycles. The fraction of sp³-hybridized carbons (Fsp3) is 0.350. The van der Waals surface area contributed by atoms with Gasteiger partial charge in [0.2, 0.25) is 10.0 Å². The fourth-order valence-electron chi connectivity index (χ4n) is 2.46. The summed E-state index contributed by atoms with van der Waals surface area (Å²) < 4.78 is 27.9. The molecule has 0 saturated carbocycles. The van der Waals surface area contributed by atoms with Crippen LogP contribution in [0.2, 0.25) is 0 Å². The molecule has 0 aromatic heterocycles. The number of rotatable bonds is 13. The van der Waals surface area contributed by atoms with Crippen LogP contribution in [0.25, 0.3) is 5.48 Å². The number of nitrogens with two attached hydrogens (primary N) is 1. The Balaban J connectivity index is 0.00000480. The van der Waals surface area contributed by atoms with E-state index in [1.165, 1.54) is 24.3 Å². The van der Waals surface area contributed by atoms with E-state index in [1.54, 1.807) is 36.0 Å². The van der Waals surface area contributed by atoms with Gasteiger partial charge in [-0.15, -0.1) is 0 Å². The number of nitrogens with one attached hydrogen (secondary N) is 1. The van der Waals surface area contributed by atoms with Gasteiger partial charge in [-0.2, -0.15) is 11.8 Å². The first kappa shape index (κ1) is 28.4. The minimum atomic E-state index is -3.78. The standard InChI is InChI=1S/C20H26N3O5S2.K/c1-2-29-14-13-19(23-30(26,27)18-10-6-16(21)7-11-18)22-28-17-8-3-15(4-9-17)5-12-20(24)25;/h3-4,6-11,19,23H,2,5,12-14,21H2,1H3,(H,24,25);/q-1;+1/t19-;/m0./s1. The van der Waals surface area contributed by atoms with Crippen LogP contribution in [0.4, 0.5) is 5.69 Å². The van der Waals surface area contributed by atoms with Crippen molar-refractivity contribution in [2.75, 3.05) is 17.2 Å². The third-order valence-electron chi connectivity index (χ3n) is 4.06. The van der Waals surface area contributed by atoms with Gasteiger partial charge in [-0.05, 0) is 72.5 Å². The summed E-state index contributed by atoms with van der Waals surface area (Å²) in [5.74, 6) is 1.21. The van der Waals surface area contributed by atoms with E-state index in [0.717, 1.165) is 11.3 Å². The van der Waals surface area contributed by atoms with Gasteiger partial charge < -0.3 is 21.2 Å². The Morgan fingerprint density at radius 3 is 2.42 bits per heavy atom. The van der Waals surface area contributed by atoms with Crippen LogP contribution >= 0.6 is 11.8 Å². The number of carboxylic acids is 1. The number of hydrogen-bond acceptors (Lipinski definition) is 6. The summed E-state index contributed by atoms with van der Waals surface area (Å²) in [5, 5.41) is 8.75. The van der Waals surface area contributed by atoms with Gasteiger partial charge in [0.15, 0.2) is 0 Å². The molecule has 0 bridgehead atoms. The van der Waals surface area contributed by atoms with Crippen molar-refractivity contribution in [1.29, 1.82) is 0 Å². The zero-order valence-corrected chi connectivity index (χ0v) is 22.4. The molecule has 8 nitrogen and oxygen atoms in total. The van der Waals surface area contributed by atoms with Crippen molar-refractivity contribution in [3.8, 4) is 5.75 Å². The summed E-state index contributed by atoms with van der Waals surface area (Å²) in [6.07, 6.45) is 0.168. The minimum Gasteiger partial charge on any atom is -0.586 e. The number of benzene rings is 2. The van der Waals surface area contributed by atoms with Crippen LogP contribution in [0.15, 0.2) is 53.4 Å². The van der Waals surface area contributed by atoms with Crippen LogP contribution in [0.3, 0.4) is 0 Å². The number of nitrogen functional groups attached to an aromatic ring is 1. The first-order chi connectivity index (χ1) is 14.3. The Hall–Kier alpha value is -0.634. The Morgan fingerprint density at radius 1 is 1.19 bits per heavy atom. The van der Waals surface area contributed by atoms with E-state index in [0.29, 0.717) is 30.0 Å². The maximum atomic E-state index is 12.6. The molecule has 4 N–H and O–H groups in total. The largest absolute Gasteiger partial charge is 1.00 e. The van der Waals surface area contributed by atoms with Crippen molar-refractivity contribution in [2.24, 2.45) is 0 Å². The molecule has 0 aliphatic rings. The van der Waals surface area contributed by atoms with Gasteiger partial charge in [-0.1, -0.05) is 19.1 Å². The van der Waals surface area contributed by atoms with Gasteiger partial charge >= 0.3 is 57.4 Å². The molecule has 0 heterocycles. The topological polar surface area (TPSA) is 133 Å². The monoisotopic (exact) mass is 491 g/mol. The number of nitrogens with zero attached hydrogens (tertiary/aromatic N) is 1. The van der Waals surface area contributed by atoms with E-state index < -0.39 is 22.2 Å². The van der Waals surface area contributed by atoms with Crippen molar-refractivity contribution in [1.82, 2.24) is 4.72 Å². The van der Waals surface area contributed by atoms with Gasteiger partial charge in [0, 0.05) is 12.1 Å². The maximum absolute atomic E-state index is 12.6. The molecular formula is C20H26KN3O5S2. The average molecular weight is 492 g/mol. The van der Waals surface area contributed by atoms with Crippen molar-refractivity contribution in [2.45, 2.75) is 37.2 Å². The fourth-order valence-corrected chi connectivity index (χ4v) is 4.29.